The van der Waals surface area contributed by atoms with E-state index in [2.05, 4.69) is 30.5 Å². The maximum Gasteiger partial charge on any atom is 0.417 e. The lowest BCUT2D eigenvalue weighted by atomic mass is 10.1. The second-order valence-corrected chi connectivity index (χ2v) is 9.60. The van der Waals surface area contributed by atoms with E-state index in [1.165, 1.54) is 18.5 Å². The van der Waals surface area contributed by atoms with Gasteiger partial charge in [-0.3, -0.25) is 4.79 Å². The molecule has 210 valence electrons. The van der Waals surface area contributed by atoms with Crippen LogP contribution in [0.1, 0.15) is 27.0 Å². The van der Waals surface area contributed by atoms with Crippen molar-refractivity contribution in [3.05, 3.63) is 65.0 Å². The molecule has 4 aromatic rings. The number of nitrogens with two attached hydrogens (primary N) is 1. The summed E-state index contributed by atoms with van der Waals surface area (Å²) in [6.45, 7) is 5.00. The molecule has 11 nitrogen and oxygen atoms in total. The predicted molar refractivity (Wildman–Crippen MR) is 148 cm³/mol. The first kappa shape index (κ1) is 27.5. The van der Waals surface area contributed by atoms with Crippen molar-refractivity contribution in [2.45, 2.75) is 13.1 Å². The first-order chi connectivity index (χ1) is 19.5. The van der Waals surface area contributed by atoms with Gasteiger partial charge in [0.05, 0.1) is 17.2 Å². The number of carbonyl (C=O) groups excluding carboxylic acids is 1. The SMILES string of the molecule is Cc1ccc(C(=O)Nc2ccc(C#N)c(C(F)(F)F)c2)cc1Nc1ncnc2c(N)nc(N3CCN(C)CC3)nc12. The summed E-state index contributed by atoms with van der Waals surface area (Å²) in [6, 6.07) is 9.31. The number of aromatic nitrogens is 4. The van der Waals surface area contributed by atoms with E-state index in [1.807, 2.05) is 18.9 Å². The van der Waals surface area contributed by atoms with Crippen LogP contribution in [0.25, 0.3) is 11.0 Å². The van der Waals surface area contributed by atoms with Gasteiger partial charge in [-0.25, -0.2) is 15.0 Å². The Morgan fingerprint density at radius 1 is 1.05 bits per heavy atom. The van der Waals surface area contributed by atoms with E-state index >= 15 is 0 Å². The van der Waals surface area contributed by atoms with Crippen molar-refractivity contribution < 1.29 is 18.0 Å². The number of nitrogens with one attached hydrogen (secondary N) is 2. The molecule has 0 spiro atoms. The number of carbonyl (C=O) groups is 1. The van der Waals surface area contributed by atoms with E-state index in [9.17, 15) is 18.0 Å². The minimum Gasteiger partial charge on any atom is -0.382 e. The van der Waals surface area contributed by atoms with Gasteiger partial charge in [-0.1, -0.05) is 6.07 Å². The number of benzene rings is 2. The van der Waals surface area contributed by atoms with Crippen molar-refractivity contribution in [3.63, 3.8) is 0 Å². The van der Waals surface area contributed by atoms with Crippen LogP contribution in [-0.2, 0) is 6.18 Å². The average Bonchev–Trinajstić information content (AvgIpc) is 2.94. The average molecular weight is 563 g/mol. The fourth-order valence-electron chi connectivity index (χ4n) is 4.38. The normalized spacial score (nSPS) is 14.1. The molecule has 1 aliphatic rings. The quantitative estimate of drug-likeness (QED) is 0.326. The molecule has 1 amide bonds. The van der Waals surface area contributed by atoms with Crippen molar-refractivity contribution in [1.29, 1.82) is 5.26 Å². The Hall–Kier alpha value is -5.03. The van der Waals surface area contributed by atoms with Crippen LogP contribution in [-0.4, -0.2) is 64.0 Å². The molecule has 0 bridgehead atoms. The van der Waals surface area contributed by atoms with Gasteiger partial charge in [-0.15, -0.1) is 0 Å². The van der Waals surface area contributed by atoms with Crippen LogP contribution >= 0.6 is 0 Å². The highest BCUT2D eigenvalue weighted by Crippen LogP contribution is 2.34. The zero-order valence-electron chi connectivity index (χ0n) is 22.1. The number of nitrogen functional groups attached to an aromatic ring is 1. The summed E-state index contributed by atoms with van der Waals surface area (Å²) in [5.74, 6) is 0.385. The summed E-state index contributed by atoms with van der Waals surface area (Å²) in [5, 5.41) is 14.7. The zero-order chi connectivity index (χ0) is 29.3. The molecule has 3 heterocycles. The topological polar surface area (TPSA) is 149 Å². The van der Waals surface area contributed by atoms with E-state index in [0.29, 0.717) is 28.5 Å². The molecule has 1 fully saturated rings. The van der Waals surface area contributed by atoms with Crippen molar-refractivity contribution in [3.8, 4) is 6.07 Å². The van der Waals surface area contributed by atoms with Gasteiger partial charge < -0.3 is 26.2 Å². The number of rotatable bonds is 5. The molecular formula is C27H25F3N10O. The number of halogens is 3. The number of likely N-dealkylation sites (N-methyl/N-ethyl adjacent to an activating group) is 1. The number of hydrogen-bond donors (Lipinski definition) is 3. The van der Waals surface area contributed by atoms with Gasteiger partial charge in [0.15, 0.2) is 11.6 Å². The monoisotopic (exact) mass is 562 g/mol. The Morgan fingerprint density at radius 2 is 1.80 bits per heavy atom. The highest BCUT2D eigenvalue weighted by molar-refractivity contribution is 6.05. The van der Waals surface area contributed by atoms with Crippen molar-refractivity contribution in [2.24, 2.45) is 0 Å². The number of anilines is 5. The molecule has 1 aliphatic heterocycles. The van der Waals surface area contributed by atoms with Crippen molar-refractivity contribution >= 4 is 45.9 Å². The van der Waals surface area contributed by atoms with Gasteiger partial charge in [-0.2, -0.15) is 23.4 Å². The molecule has 14 heteroatoms. The highest BCUT2D eigenvalue weighted by Gasteiger charge is 2.34. The second kappa shape index (κ2) is 10.9. The largest absolute Gasteiger partial charge is 0.417 e. The number of hydrogen-bond acceptors (Lipinski definition) is 10. The second-order valence-electron chi connectivity index (χ2n) is 9.60. The molecule has 2 aromatic heterocycles. The van der Waals surface area contributed by atoms with Gasteiger partial charge in [-0.05, 0) is 49.9 Å². The molecule has 4 N–H and O–H groups in total. The first-order valence-electron chi connectivity index (χ1n) is 12.6. The van der Waals surface area contributed by atoms with Crippen LogP contribution in [0, 0.1) is 18.3 Å². The van der Waals surface area contributed by atoms with E-state index < -0.39 is 23.2 Å². The molecular weight excluding hydrogens is 537 g/mol. The first-order valence-corrected chi connectivity index (χ1v) is 12.6. The molecule has 1 saturated heterocycles. The van der Waals surface area contributed by atoms with E-state index in [4.69, 9.17) is 16.0 Å². The van der Waals surface area contributed by atoms with Gasteiger partial charge >= 0.3 is 6.18 Å². The molecule has 0 radical (unpaired) electrons. The summed E-state index contributed by atoms with van der Waals surface area (Å²) in [5.41, 5.74) is 6.72. The molecule has 2 aromatic carbocycles. The van der Waals surface area contributed by atoms with E-state index in [1.54, 1.807) is 18.2 Å². The van der Waals surface area contributed by atoms with Crippen LogP contribution in [0.4, 0.5) is 42.1 Å². The fourth-order valence-corrected chi connectivity index (χ4v) is 4.38. The van der Waals surface area contributed by atoms with Crippen LogP contribution in [0.2, 0.25) is 0 Å². The van der Waals surface area contributed by atoms with Crippen LogP contribution in [0.3, 0.4) is 0 Å². The van der Waals surface area contributed by atoms with E-state index in [-0.39, 0.29) is 17.1 Å². The van der Waals surface area contributed by atoms with Gasteiger partial charge in [0, 0.05) is 43.1 Å². The molecule has 0 saturated carbocycles. The number of alkyl halides is 3. The van der Waals surface area contributed by atoms with E-state index in [0.717, 1.165) is 43.9 Å². The lowest BCUT2D eigenvalue weighted by Gasteiger charge is -2.32. The molecule has 5 rings (SSSR count). The third kappa shape index (κ3) is 5.80. The fraction of sp³-hybridized carbons (Fsp3) is 0.259. The molecule has 0 atom stereocenters. The summed E-state index contributed by atoms with van der Waals surface area (Å²) >= 11 is 0. The number of nitriles is 1. The number of amides is 1. The minimum atomic E-state index is -4.75. The Balaban J connectivity index is 1.43. The Labute approximate surface area is 232 Å². The number of fused-ring (bicyclic) bond motifs is 1. The molecule has 0 aliphatic carbocycles. The zero-order valence-corrected chi connectivity index (χ0v) is 22.1. The standard InChI is InChI=1S/C27H25F3N10O/c1-15-3-4-16(25(41)35-18-6-5-17(13-31)19(12-18)27(28,29)30)11-20(15)36-24-22-21(33-14-34-24)23(32)38-26(37-22)40-9-7-39(2)8-10-40/h3-6,11-12,14H,7-10H2,1-2H3,(H,35,41)(H2,32,37,38)(H,33,34,36). The lowest BCUT2D eigenvalue weighted by Crippen LogP contribution is -2.45. The van der Waals surface area contributed by atoms with Gasteiger partial charge in [0.2, 0.25) is 5.95 Å². The third-order valence-corrected chi connectivity index (χ3v) is 6.74. The summed E-state index contributed by atoms with van der Waals surface area (Å²) in [6.07, 6.45) is -3.42. The van der Waals surface area contributed by atoms with Crippen molar-refractivity contribution in [1.82, 2.24) is 24.8 Å². The molecule has 0 unspecified atom stereocenters. The van der Waals surface area contributed by atoms with Crippen LogP contribution in [0.5, 0.6) is 0 Å². The smallest absolute Gasteiger partial charge is 0.382 e. The third-order valence-electron chi connectivity index (χ3n) is 6.74. The highest BCUT2D eigenvalue weighted by atomic mass is 19.4. The predicted octanol–water partition coefficient (Wildman–Crippen LogP) is 3.95. The Kier molecular flexibility index (Phi) is 7.29. The van der Waals surface area contributed by atoms with Crippen molar-refractivity contribution in [2.75, 3.05) is 54.5 Å². The van der Waals surface area contributed by atoms with Gasteiger partial charge in [0.25, 0.3) is 5.91 Å². The summed E-state index contributed by atoms with van der Waals surface area (Å²) in [4.78, 5) is 35.0. The summed E-state index contributed by atoms with van der Waals surface area (Å²) in [7, 11) is 2.05. The maximum absolute atomic E-state index is 13.4. The number of piperazine rings is 1. The molecule has 41 heavy (non-hydrogen) atoms. The van der Waals surface area contributed by atoms with Gasteiger partial charge in [0.1, 0.15) is 17.4 Å². The Morgan fingerprint density at radius 3 is 2.51 bits per heavy atom. The minimum absolute atomic E-state index is 0.0955. The number of aryl methyl sites for hydroxylation is 1. The summed E-state index contributed by atoms with van der Waals surface area (Å²) < 4.78 is 40.1. The number of nitrogens with zero attached hydrogens (tertiary/aromatic N) is 7. The Bertz CT molecular complexity index is 1680. The van der Waals surface area contributed by atoms with Crippen LogP contribution in [0.15, 0.2) is 42.7 Å². The van der Waals surface area contributed by atoms with Crippen LogP contribution < -0.4 is 21.3 Å². The maximum atomic E-state index is 13.4. The lowest BCUT2D eigenvalue weighted by molar-refractivity contribution is -0.137.